The summed E-state index contributed by atoms with van der Waals surface area (Å²) in [6, 6.07) is 0.568. The number of nitrogens with zero attached hydrogens (tertiary/aromatic N) is 3. The fourth-order valence-corrected chi connectivity index (χ4v) is 2.93. The average Bonchev–Trinajstić information content (AvgIpc) is 2.85. The van der Waals surface area contributed by atoms with E-state index in [9.17, 15) is 0 Å². The Morgan fingerprint density at radius 1 is 1.45 bits per heavy atom. The Labute approximate surface area is 151 Å². The topological polar surface area (TPSA) is 54.2 Å². The third-order valence-electron chi connectivity index (χ3n) is 3.98. The van der Waals surface area contributed by atoms with Crippen molar-refractivity contribution in [2.75, 3.05) is 13.1 Å². The third-order valence-corrected chi connectivity index (χ3v) is 3.98. The number of hydrogen-bond donors (Lipinski definition) is 2. The van der Waals surface area contributed by atoms with Gasteiger partial charge in [0.1, 0.15) is 0 Å². The lowest BCUT2D eigenvalue weighted by atomic mass is 9.87. The maximum atomic E-state index is 4.67. The Balaban J connectivity index is 0.00000242. The highest BCUT2D eigenvalue weighted by atomic mass is 127. The lowest BCUT2D eigenvalue weighted by Crippen LogP contribution is -2.45. The predicted molar refractivity (Wildman–Crippen MR) is 103 cm³/mol. The standard InChI is InChI=1S/C16H29N5.HI/c1-4-17-16(20-15-7-5-6-13(2)10-15)18-8-9-21-12-14(3)11-19-21;/h11-13,15H,4-10H2,1-3H3,(H2,17,18,20);1H. The van der Waals surface area contributed by atoms with Gasteiger partial charge in [-0.3, -0.25) is 9.67 Å². The van der Waals surface area contributed by atoms with Crippen molar-refractivity contribution in [2.45, 2.75) is 59.0 Å². The van der Waals surface area contributed by atoms with Crippen LogP contribution in [0.25, 0.3) is 0 Å². The molecular formula is C16H30IN5. The van der Waals surface area contributed by atoms with E-state index in [1.54, 1.807) is 0 Å². The molecule has 2 rings (SSSR count). The summed E-state index contributed by atoms with van der Waals surface area (Å²) in [5.41, 5.74) is 1.19. The van der Waals surface area contributed by atoms with Crippen molar-refractivity contribution in [1.29, 1.82) is 0 Å². The Morgan fingerprint density at radius 2 is 2.27 bits per heavy atom. The van der Waals surface area contributed by atoms with Gasteiger partial charge in [0.15, 0.2) is 5.96 Å². The summed E-state index contributed by atoms with van der Waals surface area (Å²) >= 11 is 0. The number of nitrogens with one attached hydrogen (secondary N) is 2. The molecule has 0 aliphatic heterocycles. The molecule has 1 aliphatic rings. The largest absolute Gasteiger partial charge is 0.357 e. The van der Waals surface area contributed by atoms with Crippen LogP contribution >= 0.6 is 24.0 Å². The predicted octanol–water partition coefficient (Wildman–Crippen LogP) is 2.94. The number of aliphatic imine (C=N–C) groups is 1. The molecule has 0 bridgehead atoms. The first kappa shape index (κ1) is 19.3. The highest BCUT2D eigenvalue weighted by Crippen LogP contribution is 2.23. The maximum Gasteiger partial charge on any atom is 0.191 e. The number of guanidine groups is 1. The fraction of sp³-hybridized carbons (Fsp3) is 0.750. The van der Waals surface area contributed by atoms with Crippen LogP contribution in [0.5, 0.6) is 0 Å². The lowest BCUT2D eigenvalue weighted by Gasteiger charge is -2.28. The first-order chi connectivity index (χ1) is 10.2. The Morgan fingerprint density at radius 3 is 2.91 bits per heavy atom. The molecule has 1 aromatic rings. The second-order valence-corrected chi connectivity index (χ2v) is 6.15. The van der Waals surface area contributed by atoms with Gasteiger partial charge in [0.2, 0.25) is 0 Å². The van der Waals surface area contributed by atoms with Crippen LogP contribution < -0.4 is 10.6 Å². The van der Waals surface area contributed by atoms with Crippen LogP contribution in [0.3, 0.4) is 0 Å². The summed E-state index contributed by atoms with van der Waals surface area (Å²) in [6.07, 6.45) is 9.14. The summed E-state index contributed by atoms with van der Waals surface area (Å²) in [5.74, 6) is 1.77. The van der Waals surface area contributed by atoms with Gasteiger partial charge in [0.05, 0.1) is 19.3 Å². The minimum atomic E-state index is 0. The Kier molecular flexibility index (Phi) is 8.82. The zero-order valence-electron chi connectivity index (χ0n) is 14.0. The van der Waals surface area contributed by atoms with E-state index in [0.29, 0.717) is 6.04 Å². The molecule has 1 aromatic heterocycles. The molecule has 0 saturated heterocycles. The van der Waals surface area contributed by atoms with Crippen molar-refractivity contribution in [3.63, 3.8) is 0 Å². The van der Waals surface area contributed by atoms with E-state index in [-0.39, 0.29) is 24.0 Å². The van der Waals surface area contributed by atoms with Gasteiger partial charge in [-0.25, -0.2) is 0 Å². The van der Waals surface area contributed by atoms with Crippen LogP contribution in [-0.4, -0.2) is 34.9 Å². The molecule has 1 fully saturated rings. The van der Waals surface area contributed by atoms with Crippen molar-refractivity contribution in [1.82, 2.24) is 20.4 Å². The van der Waals surface area contributed by atoms with Gasteiger partial charge in [-0.05, 0) is 38.2 Å². The quantitative estimate of drug-likeness (QED) is 0.439. The van der Waals surface area contributed by atoms with Gasteiger partial charge in [0, 0.05) is 18.8 Å². The van der Waals surface area contributed by atoms with E-state index in [1.807, 2.05) is 10.9 Å². The average molecular weight is 419 g/mol. The lowest BCUT2D eigenvalue weighted by molar-refractivity contribution is 0.324. The zero-order chi connectivity index (χ0) is 15.1. The molecule has 6 heteroatoms. The summed E-state index contributed by atoms with van der Waals surface area (Å²) < 4.78 is 1.95. The summed E-state index contributed by atoms with van der Waals surface area (Å²) in [5, 5.41) is 11.2. The molecule has 22 heavy (non-hydrogen) atoms. The molecule has 1 aliphatic carbocycles. The van der Waals surface area contributed by atoms with Crippen LogP contribution in [0.2, 0.25) is 0 Å². The van der Waals surface area contributed by atoms with E-state index in [4.69, 9.17) is 0 Å². The number of aromatic nitrogens is 2. The summed E-state index contributed by atoms with van der Waals surface area (Å²) in [6.45, 7) is 8.98. The number of hydrogen-bond acceptors (Lipinski definition) is 2. The molecule has 0 spiro atoms. The SMILES string of the molecule is CCNC(=NCCn1cc(C)cn1)NC1CCCC(C)C1.I. The molecule has 2 N–H and O–H groups in total. The first-order valence-electron chi connectivity index (χ1n) is 8.21. The molecular weight excluding hydrogens is 389 g/mol. The van der Waals surface area contributed by atoms with Crippen molar-refractivity contribution in [3.8, 4) is 0 Å². The van der Waals surface area contributed by atoms with Crippen LogP contribution in [0, 0.1) is 12.8 Å². The minimum Gasteiger partial charge on any atom is -0.357 e. The highest BCUT2D eigenvalue weighted by molar-refractivity contribution is 14.0. The molecule has 2 unspecified atom stereocenters. The third kappa shape index (κ3) is 6.54. The van der Waals surface area contributed by atoms with Crippen LogP contribution in [0.1, 0.15) is 45.1 Å². The van der Waals surface area contributed by atoms with E-state index in [0.717, 1.165) is 31.5 Å². The molecule has 0 radical (unpaired) electrons. The highest BCUT2D eigenvalue weighted by Gasteiger charge is 2.19. The van der Waals surface area contributed by atoms with Crippen LogP contribution in [0.4, 0.5) is 0 Å². The smallest absolute Gasteiger partial charge is 0.191 e. The molecule has 5 nitrogen and oxygen atoms in total. The Bertz CT molecular complexity index is 457. The normalized spacial score (nSPS) is 22.0. The van der Waals surface area contributed by atoms with Crippen molar-refractivity contribution in [3.05, 3.63) is 18.0 Å². The van der Waals surface area contributed by atoms with Gasteiger partial charge >= 0.3 is 0 Å². The maximum absolute atomic E-state index is 4.67. The molecule has 126 valence electrons. The number of halogens is 1. The number of rotatable bonds is 5. The van der Waals surface area contributed by atoms with E-state index in [1.165, 1.54) is 31.2 Å². The second kappa shape index (κ2) is 10.1. The molecule has 1 saturated carbocycles. The summed E-state index contributed by atoms with van der Waals surface area (Å²) in [7, 11) is 0. The van der Waals surface area contributed by atoms with Crippen molar-refractivity contribution in [2.24, 2.45) is 10.9 Å². The van der Waals surface area contributed by atoms with E-state index in [2.05, 4.69) is 47.7 Å². The van der Waals surface area contributed by atoms with Gasteiger partial charge in [-0.15, -0.1) is 24.0 Å². The number of aryl methyl sites for hydroxylation is 1. The van der Waals surface area contributed by atoms with Gasteiger partial charge in [-0.1, -0.05) is 19.8 Å². The first-order valence-corrected chi connectivity index (χ1v) is 8.21. The fourth-order valence-electron chi connectivity index (χ4n) is 2.93. The molecule has 0 amide bonds. The summed E-state index contributed by atoms with van der Waals surface area (Å²) in [4.78, 5) is 4.67. The minimum absolute atomic E-state index is 0. The molecule has 2 atom stereocenters. The Hall–Kier alpha value is -0.790. The monoisotopic (exact) mass is 419 g/mol. The van der Waals surface area contributed by atoms with E-state index >= 15 is 0 Å². The second-order valence-electron chi connectivity index (χ2n) is 6.15. The van der Waals surface area contributed by atoms with Crippen LogP contribution in [0.15, 0.2) is 17.4 Å². The van der Waals surface area contributed by atoms with Gasteiger partial charge < -0.3 is 10.6 Å². The van der Waals surface area contributed by atoms with Gasteiger partial charge in [0.25, 0.3) is 0 Å². The van der Waals surface area contributed by atoms with Crippen LogP contribution in [-0.2, 0) is 6.54 Å². The zero-order valence-corrected chi connectivity index (χ0v) is 16.3. The van der Waals surface area contributed by atoms with E-state index < -0.39 is 0 Å². The van der Waals surface area contributed by atoms with Crippen molar-refractivity contribution >= 4 is 29.9 Å². The molecule has 1 heterocycles. The molecule has 0 aromatic carbocycles. The van der Waals surface area contributed by atoms with Crippen molar-refractivity contribution < 1.29 is 0 Å². The van der Waals surface area contributed by atoms with Gasteiger partial charge in [-0.2, -0.15) is 5.10 Å².